The highest BCUT2D eigenvalue weighted by Crippen LogP contribution is 2.19. The summed E-state index contributed by atoms with van der Waals surface area (Å²) in [5.41, 5.74) is 0.122. The van der Waals surface area contributed by atoms with Gasteiger partial charge in [0.25, 0.3) is 0 Å². The molecule has 1 aliphatic heterocycles. The average Bonchev–Trinajstić information content (AvgIpc) is 2.20. The molecular formula is C12H24N2O2. The van der Waals surface area contributed by atoms with Gasteiger partial charge in [0, 0.05) is 30.7 Å². The Kier molecular flexibility index (Phi) is 4.33. The summed E-state index contributed by atoms with van der Waals surface area (Å²) in [6.45, 7) is 10.5. The normalized spacial score (nSPS) is 25.8. The van der Waals surface area contributed by atoms with Crippen molar-refractivity contribution in [2.75, 3.05) is 20.2 Å². The van der Waals surface area contributed by atoms with Crippen molar-refractivity contribution in [2.24, 2.45) is 0 Å². The first kappa shape index (κ1) is 13.5. The number of hydrogen-bond donors (Lipinski definition) is 1. The quantitative estimate of drug-likeness (QED) is 0.732. The molecule has 1 aliphatic rings. The summed E-state index contributed by atoms with van der Waals surface area (Å²) in [7, 11) is 1.45. The summed E-state index contributed by atoms with van der Waals surface area (Å²) in [6.07, 6.45) is 0.470. The number of carbonyl (C=O) groups excluding carboxylic acids is 1. The van der Waals surface area contributed by atoms with E-state index in [9.17, 15) is 4.79 Å². The maximum atomic E-state index is 11.3. The first-order valence-corrected chi connectivity index (χ1v) is 5.93. The standard InChI is InChI=1S/C12H24N2O2/c1-9(2)14-8-12(3,4)13-7-10(14)6-11(15)16-5/h9-10,13H,6-8H2,1-5H3. The zero-order valence-electron chi connectivity index (χ0n) is 11.0. The van der Waals surface area contributed by atoms with Crippen LogP contribution < -0.4 is 5.32 Å². The Labute approximate surface area is 98.3 Å². The molecule has 1 unspecified atom stereocenters. The van der Waals surface area contributed by atoms with Crippen molar-refractivity contribution in [3.05, 3.63) is 0 Å². The molecule has 16 heavy (non-hydrogen) atoms. The summed E-state index contributed by atoms with van der Waals surface area (Å²) in [5, 5.41) is 3.47. The smallest absolute Gasteiger partial charge is 0.307 e. The Morgan fingerprint density at radius 1 is 1.56 bits per heavy atom. The van der Waals surface area contributed by atoms with Crippen LogP contribution in [-0.2, 0) is 9.53 Å². The highest BCUT2D eigenvalue weighted by atomic mass is 16.5. The number of ether oxygens (including phenoxy) is 1. The van der Waals surface area contributed by atoms with Crippen molar-refractivity contribution >= 4 is 5.97 Å². The zero-order chi connectivity index (χ0) is 12.3. The van der Waals surface area contributed by atoms with Crippen LogP contribution in [0.2, 0.25) is 0 Å². The van der Waals surface area contributed by atoms with E-state index in [1.807, 2.05) is 0 Å². The maximum Gasteiger partial charge on any atom is 0.307 e. The van der Waals surface area contributed by atoms with Crippen LogP contribution in [0.5, 0.6) is 0 Å². The molecule has 0 aromatic carbocycles. The van der Waals surface area contributed by atoms with Crippen molar-refractivity contribution in [1.82, 2.24) is 10.2 Å². The first-order chi connectivity index (χ1) is 7.35. The fraction of sp³-hybridized carbons (Fsp3) is 0.917. The third kappa shape index (κ3) is 3.46. The van der Waals surface area contributed by atoms with Crippen LogP contribution in [0.3, 0.4) is 0 Å². The zero-order valence-corrected chi connectivity index (χ0v) is 11.0. The molecule has 0 spiro atoms. The van der Waals surface area contributed by atoms with E-state index in [0.29, 0.717) is 12.5 Å². The second kappa shape index (κ2) is 5.15. The second-order valence-corrected chi connectivity index (χ2v) is 5.46. The summed E-state index contributed by atoms with van der Waals surface area (Å²) < 4.78 is 4.74. The molecule has 0 radical (unpaired) electrons. The van der Waals surface area contributed by atoms with Crippen molar-refractivity contribution in [1.29, 1.82) is 0 Å². The van der Waals surface area contributed by atoms with Gasteiger partial charge in [0.2, 0.25) is 0 Å². The van der Waals surface area contributed by atoms with Crippen LogP contribution in [0, 0.1) is 0 Å². The lowest BCUT2D eigenvalue weighted by Crippen LogP contribution is -2.63. The number of nitrogens with one attached hydrogen (secondary N) is 1. The predicted octanol–water partition coefficient (Wildman–Crippen LogP) is 1.01. The van der Waals surface area contributed by atoms with Crippen molar-refractivity contribution in [2.45, 2.75) is 51.7 Å². The molecule has 0 aliphatic carbocycles. The largest absolute Gasteiger partial charge is 0.469 e. The Hall–Kier alpha value is -0.610. The van der Waals surface area contributed by atoms with E-state index in [4.69, 9.17) is 4.74 Å². The SMILES string of the molecule is COC(=O)CC1CNC(C)(C)CN1C(C)C. The molecule has 4 heteroatoms. The van der Waals surface area contributed by atoms with Crippen LogP contribution in [-0.4, -0.2) is 48.7 Å². The highest BCUT2D eigenvalue weighted by Gasteiger charge is 2.34. The van der Waals surface area contributed by atoms with Crippen LogP contribution >= 0.6 is 0 Å². The van der Waals surface area contributed by atoms with E-state index >= 15 is 0 Å². The summed E-state index contributed by atoms with van der Waals surface area (Å²) in [6, 6.07) is 0.705. The molecule has 94 valence electrons. The summed E-state index contributed by atoms with van der Waals surface area (Å²) >= 11 is 0. The Bertz CT molecular complexity index is 251. The third-order valence-corrected chi connectivity index (χ3v) is 3.16. The predicted molar refractivity (Wildman–Crippen MR) is 64.3 cm³/mol. The van der Waals surface area contributed by atoms with Gasteiger partial charge in [-0.3, -0.25) is 9.69 Å². The molecule has 1 N–H and O–H groups in total. The number of esters is 1. The summed E-state index contributed by atoms with van der Waals surface area (Å²) in [5.74, 6) is -0.128. The lowest BCUT2D eigenvalue weighted by Gasteiger charge is -2.46. The van der Waals surface area contributed by atoms with Crippen molar-refractivity contribution in [3.63, 3.8) is 0 Å². The molecule has 0 aromatic rings. The number of piperazine rings is 1. The van der Waals surface area contributed by atoms with E-state index in [0.717, 1.165) is 13.1 Å². The van der Waals surface area contributed by atoms with Gasteiger partial charge in [0.1, 0.15) is 0 Å². The lowest BCUT2D eigenvalue weighted by atomic mass is 9.96. The van der Waals surface area contributed by atoms with Gasteiger partial charge in [-0.15, -0.1) is 0 Å². The molecular weight excluding hydrogens is 204 g/mol. The van der Waals surface area contributed by atoms with Gasteiger partial charge in [-0.05, 0) is 27.7 Å². The monoisotopic (exact) mass is 228 g/mol. The minimum absolute atomic E-state index is 0.122. The Balaban J connectivity index is 2.65. The molecule has 0 saturated carbocycles. The summed E-state index contributed by atoms with van der Waals surface area (Å²) in [4.78, 5) is 13.7. The van der Waals surface area contributed by atoms with Crippen LogP contribution in [0.15, 0.2) is 0 Å². The average molecular weight is 228 g/mol. The molecule has 0 bridgehead atoms. The van der Waals surface area contributed by atoms with Gasteiger partial charge >= 0.3 is 5.97 Å². The Morgan fingerprint density at radius 3 is 2.69 bits per heavy atom. The third-order valence-electron chi connectivity index (χ3n) is 3.16. The molecule has 0 amide bonds. The molecule has 1 saturated heterocycles. The van der Waals surface area contributed by atoms with E-state index < -0.39 is 0 Å². The molecule has 1 atom stereocenters. The number of hydrogen-bond acceptors (Lipinski definition) is 4. The van der Waals surface area contributed by atoms with E-state index in [1.54, 1.807) is 0 Å². The second-order valence-electron chi connectivity index (χ2n) is 5.46. The lowest BCUT2D eigenvalue weighted by molar-refractivity contribution is -0.142. The minimum Gasteiger partial charge on any atom is -0.469 e. The topological polar surface area (TPSA) is 41.6 Å². The molecule has 1 heterocycles. The van der Waals surface area contributed by atoms with E-state index in [1.165, 1.54) is 7.11 Å². The van der Waals surface area contributed by atoms with Gasteiger partial charge in [-0.1, -0.05) is 0 Å². The highest BCUT2D eigenvalue weighted by molar-refractivity contribution is 5.70. The van der Waals surface area contributed by atoms with Gasteiger partial charge in [0.15, 0.2) is 0 Å². The van der Waals surface area contributed by atoms with Crippen LogP contribution in [0.4, 0.5) is 0 Å². The molecule has 1 fully saturated rings. The van der Waals surface area contributed by atoms with Gasteiger partial charge in [0.05, 0.1) is 13.5 Å². The number of carbonyl (C=O) groups is 1. The van der Waals surface area contributed by atoms with Gasteiger partial charge < -0.3 is 10.1 Å². The fourth-order valence-electron chi connectivity index (χ4n) is 2.22. The first-order valence-electron chi connectivity index (χ1n) is 5.93. The van der Waals surface area contributed by atoms with Crippen LogP contribution in [0.1, 0.15) is 34.1 Å². The van der Waals surface area contributed by atoms with Gasteiger partial charge in [-0.2, -0.15) is 0 Å². The fourth-order valence-corrected chi connectivity index (χ4v) is 2.22. The van der Waals surface area contributed by atoms with Crippen molar-refractivity contribution in [3.8, 4) is 0 Å². The molecule has 4 nitrogen and oxygen atoms in total. The molecule has 0 aromatic heterocycles. The molecule has 1 rings (SSSR count). The van der Waals surface area contributed by atoms with E-state index in [-0.39, 0.29) is 17.6 Å². The van der Waals surface area contributed by atoms with Gasteiger partial charge in [-0.25, -0.2) is 0 Å². The van der Waals surface area contributed by atoms with Crippen molar-refractivity contribution < 1.29 is 9.53 Å². The number of rotatable bonds is 3. The number of nitrogens with zero attached hydrogens (tertiary/aromatic N) is 1. The van der Waals surface area contributed by atoms with E-state index in [2.05, 4.69) is 37.9 Å². The number of methoxy groups -OCH3 is 1. The van der Waals surface area contributed by atoms with Crippen LogP contribution in [0.25, 0.3) is 0 Å². The maximum absolute atomic E-state index is 11.3. The Morgan fingerprint density at radius 2 is 2.19 bits per heavy atom. The minimum atomic E-state index is -0.128.